The summed E-state index contributed by atoms with van der Waals surface area (Å²) in [5.74, 6) is -0.785. The predicted molar refractivity (Wildman–Crippen MR) is 76.7 cm³/mol. The van der Waals surface area contributed by atoms with Crippen LogP contribution in [0.4, 0.5) is 4.39 Å². The molecule has 7 heteroatoms. The van der Waals surface area contributed by atoms with Gasteiger partial charge in [0.15, 0.2) is 5.82 Å². The van der Waals surface area contributed by atoms with E-state index >= 15 is 0 Å². The molecule has 0 spiro atoms. The monoisotopic (exact) mass is 309 g/mol. The van der Waals surface area contributed by atoms with Gasteiger partial charge in [0.1, 0.15) is 0 Å². The molecule has 1 N–H and O–H groups in total. The minimum absolute atomic E-state index is 0. The number of hydrogen-bond acceptors (Lipinski definition) is 3. The summed E-state index contributed by atoms with van der Waals surface area (Å²) in [5, 5.41) is 3.19. The lowest BCUT2D eigenvalue weighted by Crippen LogP contribution is -2.44. The van der Waals surface area contributed by atoms with Crippen molar-refractivity contribution in [2.45, 2.75) is 18.9 Å². The van der Waals surface area contributed by atoms with E-state index < -0.39 is 5.82 Å². The van der Waals surface area contributed by atoms with Crippen molar-refractivity contribution in [2.75, 3.05) is 20.1 Å². The van der Waals surface area contributed by atoms with E-state index in [-0.39, 0.29) is 36.3 Å². The van der Waals surface area contributed by atoms with Gasteiger partial charge in [0.05, 0.1) is 11.8 Å². The zero-order valence-electron chi connectivity index (χ0n) is 10.6. The average Bonchev–Trinajstić information content (AvgIpc) is 2.39. The van der Waals surface area contributed by atoms with Gasteiger partial charge in [-0.15, -0.1) is 24.8 Å². The second-order valence-corrected chi connectivity index (χ2v) is 4.21. The molecule has 19 heavy (non-hydrogen) atoms. The molecule has 0 saturated carbocycles. The van der Waals surface area contributed by atoms with Crippen LogP contribution in [-0.2, 0) is 0 Å². The Balaban J connectivity index is 0.00000162. The molecule has 0 aliphatic carbocycles. The number of pyridine rings is 1. The summed E-state index contributed by atoms with van der Waals surface area (Å²) in [5.41, 5.74) is 0.114. The number of carbonyl (C=O) groups excluding carboxylic acids is 1. The number of nitrogens with zero attached hydrogens (tertiary/aromatic N) is 2. The molecule has 0 radical (unpaired) electrons. The van der Waals surface area contributed by atoms with Crippen molar-refractivity contribution in [1.82, 2.24) is 15.2 Å². The summed E-state index contributed by atoms with van der Waals surface area (Å²) < 4.78 is 13.4. The largest absolute Gasteiger partial charge is 0.338 e. The Morgan fingerprint density at radius 2 is 2.05 bits per heavy atom. The molecule has 1 fully saturated rings. The topological polar surface area (TPSA) is 45.2 Å². The highest BCUT2D eigenvalue weighted by molar-refractivity contribution is 5.94. The van der Waals surface area contributed by atoms with E-state index in [0.717, 1.165) is 19.0 Å². The van der Waals surface area contributed by atoms with Crippen LogP contribution in [0.15, 0.2) is 18.5 Å². The number of piperidine rings is 1. The standard InChI is InChI=1S/C12H16FN3O.2ClH/c1-14-9-3-6-16(7-4-9)12(17)10-2-5-15-8-11(10)13;;/h2,5,8-9,14H,3-4,6-7H2,1H3;2*1H. The van der Waals surface area contributed by atoms with Crippen LogP contribution < -0.4 is 5.32 Å². The molecule has 1 aliphatic rings. The highest BCUT2D eigenvalue weighted by Crippen LogP contribution is 2.15. The number of amides is 1. The first-order valence-electron chi connectivity index (χ1n) is 5.78. The number of hydrogen-bond donors (Lipinski definition) is 1. The Labute approximate surface area is 124 Å². The van der Waals surface area contributed by atoms with E-state index in [2.05, 4.69) is 10.3 Å². The average molecular weight is 310 g/mol. The van der Waals surface area contributed by atoms with E-state index in [1.807, 2.05) is 7.05 Å². The lowest BCUT2D eigenvalue weighted by Gasteiger charge is -2.31. The van der Waals surface area contributed by atoms with Crippen molar-refractivity contribution >= 4 is 30.7 Å². The Bertz CT molecular complexity index is 412. The first-order valence-corrected chi connectivity index (χ1v) is 5.78. The lowest BCUT2D eigenvalue weighted by molar-refractivity contribution is 0.0702. The van der Waals surface area contributed by atoms with Gasteiger partial charge in [-0.2, -0.15) is 0 Å². The molecule has 0 atom stereocenters. The third-order valence-corrected chi connectivity index (χ3v) is 3.19. The smallest absolute Gasteiger partial charge is 0.256 e. The first-order chi connectivity index (χ1) is 8.22. The summed E-state index contributed by atoms with van der Waals surface area (Å²) in [6.07, 6.45) is 4.34. The van der Waals surface area contributed by atoms with Gasteiger partial charge < -0.3 is 10.2 Å². The molecule has 1 aromatic heterocycles. The van der Waals surface area contributed by atoms with Gasteiger partial charge in [-0.1, -0.05) is 0 Å². The minimum atomic E-state index is -0.548. The van der Waals surface area contributed by atoms with Gasteiger partial charge in [-0.3, -0.25) is 9.78 Å². The van der Waals surface area contributed by atoms with Gasteiger partial charge in [0, 0.05) is 25.3 Å². The van der Waals surface area contributed by atoms with Crippen LogP contribution in [0, 0.1) is 5.82 Å². The van der Waals surface area contributed by atoms with Crippen LogP contribution in [0.5, 0.6) is 0 Å². The molecular formula is C12H18Cl2FN3O. The van der Waals surface area contributed by atoms with Gasteiger partial charge in [0.25, 0.3) is 5.91 Å². The summed E-state index contributed by atoms with van der Waals surface area (Å²) in [6, 6.07) is 1.89. The Morgan fingerprint density at radius 3 is 2.58 bits per heavy atom. The number of rotatable bonds is 2. The van der Waals surface area contributed by atoms with Gasteiger partial charge in [-0.25, -0.2) is 4.39 Å². The predicted octanol–water partition coefficient (Wildman–Crippen LogP) is 1.89. The van der Waals surface area contributed by atoms with E-state index in [4.69, 9.17) is 0 Å². The van der Waals surface area contributed by atoms with E-state index in [1.165, 1.54) is 12.3 Å². The van der Waals surface area contributed by atoms with Crippen molar-refractivity contribution in [2.24, 2.45) is 0 Å². The Kier molecular flexibility index (Phi) is 7.90. The summed E-state index contributed by atoms with van der Waals surface area (Å²) in [6.45, 7) is 1.35. The molecule has 1 saturated heterocycles. The maximum atomic E-state index is 13.4. The van der Waals surface area contributed by atoms with Crippen LogP contribution in [0.2, 0.25) is 0 Å². The minimum Gasteiger partial charge on any atom is -0.338 e. The van der Waals surface area contributed by atoms with Crippen molar-refractivity contribution < 1.29 is 9.18 Å². The van der Waals surface area contributed by atoms with Gasteiger partial charge in [0.2, 0.25) is 0 Å². The molecule has 2 heterocycles. The highest BCUT2D eigenvalue weighted by atomic mass is 35.5. The second-order valence-electron chi connectivity index (χ2n) is 4.21. The van der Waals surface area contributed by atoms with Crippen molar-refractivity contribution in [3.05, 3.63) is 29.8 Å². The third kappa shape index (κ3) is 4.30. The quantitative estimate of drug-likeness (QED) is 0.907. The number of nitrogens with one attached hydrogen (secondary N) is 1. The second kappa shape index (κ2) is 8.30. The van der Waals surface area contributed by atoms with E-state index in [1.54, 1.807) is 4.90 Å². The number of carbonyl (C=O) groups is 1. The fourth-order valence-electron chi connectivity index (χ4n) is 2.09. The van der Waals surface area contributed by atoms with Crippen LogP contribution in [0.1, 0.15) is 23.2 Å². The van der Waals surface area contributed by atoms with Gasteiger partial charge in [-0.05, 0) is 26.0 Å². The van der Waals surface area contributed by atoms with Crippen molar-refractivity contribution in [3.63, 3.8) is 0 Å². The summed E-state index contributed by atoms with van der Waals surface area (Å²) in [7, 11) is 1.92. The van der Waals surface area contributed by atoms with E-state index in [0.29, 0.717) is 19.1 Å². The van der Waals surface area contributed by atoms with Crippen LogP contribution in [0.25, 0.3) is 0 Å². The zero-order valence-corrected chi connectivity index (χ0v) is 12.3. The molecule has 0 unspecified atom stereocenters. The Hall–Kier alpha value is -0.910. The van der Waals surface area contributed by atoms with E-state index in [9.17, 15) is 9.18 Å². The SMILES string of the molecule is CNC1CCN(C(=O)c2ccncc2F)CC1.Cl.Cl. The fraction of sp³-hybridized carbons (Fsp3) is 0.500. The molecule has 0 aromatic carbocycles. The maximum Gasteiger partial charge on any atom is 0.256 e. The van der Waals surface area contributed by atoms with Crippen LogP contribution in [-0.4, -0.2) is 42.0 Å². The molecular weight excluding hydrogens is 292 g/mol. The lowest BCUT2D eigenvalue weighted by atomic mass is 10.0. The van der Waals surface area contributed by atoms with Crippen LogP contribution in [0.3, 0.4) is 0 Å². The maximum absolute atomic E-state index is 13.4. The molecule has 108 valence electrons. The molecule has 1 aromatic rings. The van der Waals surface area contributed by atoms with Crippen molar-refractivity contribution in [3.8, 4) is 0 Å². The third-order valence-electron chi connectivity index (χ3n) is 3.19. The summed E-state index contributed by atoms with van der Waals surface area (Å²) >= 11 is 0. The molecule has 1 amide bonds. The number of likely N-dealkylation sites (tertiary alicyclic amines) is 1. The number of aromatic nitrogens is 1. The summed E-state index contributed by atoms with van der Waals surface area (Å²) in [4.78, 5) is 17.4. The Morgan fingerprint density at radius 1 is 1.42 bits per heavy atom. The normalized spacial score (nSPS) is 15.4. The fourth-order valence-corrected chi connectivity index (χ4v) is 2.09. The van der Waals surface area contributed by atoms with Gasteiger partial charge >= 0.3 is 0 Å². The van der Waals surface area contributed by atoms with Crippen LogP contribution >= 0.6 is 24.8 Å². The number of halogens is 3. The molecule has 4 nitrogen and oxygen atoms in total. The highest BCUT2D eigenvalue weighted by Gasteiger charge is 2.24. The zero-order chi connectivity index (χ0) is 12.3. The molecule has 2 rings (SSSR count). The van der Waals surface area contributed by atoms with Crippen molar-refractivity contribution in [1.29, 1.82) is 0 Å². The first kappa shape index (κ1) is 18.1. The molecule has 1 aliphatic heterocycles. The molecule has 0 bridgehead atoms.